The molecule has 2 heterocycles. The number of aromatic nitrogens is 4. The van der Waals surface area contributed by atoms with Gasteiger partial charge < -0.3 is 4.57 Å². The maximum atomic E-state index is 5.15. The van der Waals surface area contributed by atoms with Crippen LogP contribution in [0.1, 0.15) is 0 Å². The van der Waals surface area contributed by atoms with Crippen LogP contribution in [0.15, 0.2) is 194 Å². The molecule has 0 saturated heterocycles. The molecule has 0 aliphatic carbocycles. The molecule has 0 saturated carbocycles. The summed E-state index contributed by atoms with van der Waals surface area (Å²) in [6, 6.07) is 68.6. The molecule has 0 atom stereocenters. The zero-order valence-electron chi connectivity index (χ0n) is 29.8. The van der Waals surface area contributed by atoms with Crippen LogP contribution in [0.25, 0.3) is 105 Å². The van der Waals surface area contributed by atoms with Crippen LogP contribution in [0.2, 0.25) is 0 Å². The van der Waals surface area contributed by atoms with E-state index >= 15 is 0 Å². The molecule has 0 aliphatic heterocycles. The quantitative estimate of drug-likeness (QED) is 0.168. The molecule has 0 aliphatic rings. The Morgan fingerprint density at radius 2 is 0.727 bits per heavy atom. The number of benzene rings is 9. The number of nitrogens with zero attached hydrogens (tertiary/aromatic N) is 4. The number of hydrogen-bond acceptors (Lipinski definition) is 3. The fourth-order valence-electron chi connectivity index (χ4n) is 8.29. The molecule has 11 aromatic rings. The van der Waals surface area contributed by atoms with E-state index in [0.29, 0.717) is 17.5 Å². The molecular formula is C51H32N4. The van der Waals surface area contributed by atoms with Gasteiger partial charge in [0.25, 0.3) is 0 Å². The summed E-state index contributed by atoms with van der Waals surface area (Å²) in [5, 5.41) is 9.78. The van der Waals surface area contributed by atoms with Crippen molar-refractivity contribution in [3.63, 3.8) is 0 Å². The lowest BCUT2D eigenvalue weighted by molar-refractivity contribution is 1.07. The van der Waals surface area contributed by atoms with Gasteiger partial charge >= 0.3 is 0 Å². The van der Waals surface area contributed by atoms with Crippen molar-refractivity contribution in [1.82, 2.24) is 19.5 Å². The third kappa shape index (κ3) is 5.11. The van der Waals surface area contributed by atoms with Gasteiger partial charge in [0, 0.05) is 38.5 Å². The summed E-state index contributed by atoms with van der Waals surface area (Å²) in [7, 11) is 0. The van der Waals surface area contributed by atoms with Crippen LogP contribution in [-0.4, -0.2) is 19.5 Å². The van der Waals surface area contributed by atoms with Crippen molar-refractivity contribution in [1.29, 1.82) is 0 Å². The van der Waals surface area contributed by atoms with Crippen LogP contribution in [0.3, 0.4) is 0 Å². The molecule has 4 nitrogen and oxygen atoms in total. The van der Waals surface area contributed by atoms with Gasteiger partial charge in [0.1, 0.15) is 0 Å². The Labute approximate surface area is 317 Å². The van der Waals surface area contributed by atoms with Crippen LogP contribution >= 0.6 is 0 Å². The van der Waals surface area contributed by atoms with Crippen LogP contribution in [0.5, 0.6) is 0 Å². The molecule has 0 spiro atoms. The Hall–Kier alpha value is -7.43. The molecule has 0 radical (unpaired) electrons. The molecular weight excluding hydrogens is 669 g/mol. The lowest BCUT2D eigenvalue weighted by atomic mass is 9.91. The fourth-order valence-corrected chi connectivity index (χ4v) is 8.29. The summed E-state index contributed by atoms with van der Waals surface area (Å²) >= 11 is 0. The molecule has 256 valence electrons. The van der Waals surface area contributed by atoms with E-state index in [1.165, 1.54) is 59.7 Å². The van der Waals surface area contributed by atoms with E-state index in [4.69, 9.17) is 15.0 Å². The Morgan fingerprint density at radius 1 is 0.273 bits per heavy atom. The Morgan fingerprint density at radius 3 is 1.42 bits per heavy atom. The molecule has 55 heavy (non-hydrogen) atoms. The van der Waals surface area contributed by atoms with Gasteiger partial charge in [-0.05, 0) is 68.4 Å². The third-order valence-corrected chi connectivity index (χ3v) is 10.8. The standard InChI is InChI=1S/C51H32N4/c1-4-14-33(15-5-1)34-24-26-36(27-25-34)50-52-49(35-16-6-2-7-17-35)53-51(54-50)37-28-29-42-44(32-37)40-21-11-10-20-39(40)41-30-31-46-48(47(41)42)43-22-12-13-23-45(43)55(46)38-18-8-3-9-19-38/h1-32H. The summed E-state index contributed by atoms with van der Waals surface area (Å²) in [6.07, 6.45) is 0. The van der Waals surface area contributed by atoms with Crippen molar-refractivity contribution in [2.24, 2.45) is 0 Å². The van der Waals surface area contributed by atoms with Crippen LogP contribution in [-0.2, 0) is 0 Å². The fraction of sp³-hybridized carbons (Fsp3) is 0. The number of para-hydroxylation sites is 2. The van der Waals surface area contributed by atoms with Crippen LogP contribution in [0, 0.1) is 0 Å². The maximum Gasteiger partial charge on any atom is 0.164 e. The first kappa shape index (κ1) is 31.1. The zero-order valence-corrected chi connectivity index (χ0v) is 29.8. The maximum absolute atomic E-state index is 5.15. The second-order valence-corrected chi connectivity index (χ2v) is 14.0. The lowest BCUT2D eigenvalue weighted by Gasteiger charge is -2.14. The molecule has 0 unspecified atom stereocenters. The van der Waals surface area contributed by atoms with E-state index in [0.717, 1.165) is 27.9 Å². The smallest absolute Gasteiger partial charge is 0.164 e. The van der Waals surface area contributed by atoms with Crippen molar-refractivity contribution >= 4 is 54.1 Å². The Bertz CT molecular complexity index is 3220. The van der Waals surface area contributed by atoms with Crippen molar-refractivity contribution in [3.8, 4) is 51.0 Å². The number of rotatable bonds is 5. The minimum absolute atomic E-state index is 0.640. The minimum Gasteiger partial charge on any atom is -0.309 e. The molecule has 0 amide bonds. The zero-order chi connectivity index (χ0) is 36.3. The summed E-state index contributed by atoms with van der Waals surface area (Å²) in [5.41, 5.74) is 8.68. The summed E-state index contributed by atoms with van der Waals surface area (Å²) in [4.78, 5) is 15.3. The van der Waals surface area contributed by atoms with Crippen molar-refractivity contribution in [3.05, 3.63) is 194 Å². The topological polar surface area (TPSA) is 43.6 Å². The van der Waals surface area contributed by atoms with Crippen molar-refractivity contribution < 1.29 is 0 Å². The molecule has 9 aromatic carbocycles. The van der Waals surface area contributed by atoms with E-state index in [9.17, 15) is 0 Å². The molecule has 0 fully saturated rings. The second-order valence-electron chi connectivity index (χ2n) is 14.0. The van der Waals surface area contributed by atoms with Gasteiger partial charge in [0.15, 0.2) is 17.5 Å². The molecule has 4 heteroatoms. The monoisotopic (exact) mass is 700 g/mol. The third-order valence-electron chi connectivity index (χ3n) is 10.8. The van der Waals surface area contributed by atoms with Gasteiger partial charge in [-0.1, -0.05) is 164 Å². The average Bonchev–Trinajstić information content (AvgIpc) is 3.61. The summed E-state index contributed by atoms with van der Waals surface area (Å²) in [5.74, 6) is 1.93. The van der Waals surface area contributed by atoms with Crippen LogP contribution in [0.4, 0.5) is 0 Å². The normalized spacial score (nSPS) is 11.6. The van der Waals surface area contributed by atoms with Gasteiger partial charge in [0.05, 0.1) is 11.0 Å². The Kier molecular flexibility index (Phi) is 7.14. The first-order valence-corrected chi connectivity index (χ1v) is 18.6. The lowest BCUT2D eigenvalue weighted by Crippen LogP contribution is -2.00. The van der Waals surface area contributed by atoms with Gasteiger partial charge in [-0.2, -0.15) is 0 Å². The minimum atomic E-state index is 0.640. The second kappa shape index (κ2) is 12.6. The number of fused-ring (bicyclic) bond motifs is 10. The van der Waals surface area contributed by atoms with E-state index in [1.807, 2.05) is 24.3 Å². The first-order chi connectivity index (χ1) is 27.3. The van der Waals surface area contributed by atoms with Crippen molar-refractivity contribution in [2.75, 3.05) is 0 Å². The predicted octanol–water partition coefficient (Wildman–Crippen LogP) is 13.1. The van der Waals surface area contributed by atoms with E-state index in [2.05, 4.69) is 174 Å². The van der Waals surface area contributed by atoms with Crippen molar-refractivity contribution in [2.45, 2.75) is 0 Å². The van der Waals surface area contributed by atoms with E-state index < -0.39 is 0 Å². The van der Waals surface area contributed by atoms with Gasteiger partial charge in [-0.25, -0.2) is 15.0 Å². The van der Waals surface area contributed by atoms with E-state index in [1.54, 1.807) is 0 Å². The van der Waals surface area contributed by atoms with E-state index in [-0.39, 0.29) is 0 Å². The molecule has 11 rings (SSSR count). The predicted molar refractivity (Wildman–Crippen MR) is 228 cm³/mol. The largest absolute Gasteiger partial charge is 0.309 e. The Balaban J connectivity index is 1.16. The summed E-state index contributed by atoms with van der Waals surface area (Å²) in [6.45, 7) is 0. The molecule has 0 N–H and O–H groups in total. The van der Waals surface area contributed by atoms with Crippen LogP contribution < -0.4 is 0 Å². The highest BCUT2D eigenvalue weighted by Gasteiger charge is 2.20. The van der Waals surface area contributed by atoms with Gasteiger partial charge in [-0.3, -0.25) is 0 Å². The molecule has 0 bridgehead atoms. The van der Waals surface area contributed by atoms with Gasteiger partial charge in [-0.15, -0.1) is 0 Å². The number of hydrogen-bond donors (Lipinski definition) is 0. The molecule has 2 aromatic heterocycles. The summed E-state index contributed by atoms with van der Waals surface area (Å²) < 4.78 is 2.39. The first-order valence-electron chi connectivity index (χ1n) is 18.6. The average molecular weight is 701 g/mol. The highest BCUT2D eigenvalue weighted by molar-refractivity contribution is 6.35. The van der Waals surface area contributed by atoms with Gasteiger partial charge in [0.2, 0.25) is 0 Å². The highest BCUT2D eigenvalue weighted by atomic mass is 15.0. The SMILES string of the molecule is c1ccc(-c2ccc(-c3nc(-c4ccccc4)nc(-c4ccc5c(c4)c4ccccc4c4ccc6c(c7ccccc7n6-c6ccccc6)c45)n3)cc2)cc1. The highest BCUT2D eigenvalue weighted by Crippen LogP contribution is 2.44.